The fourth-order valence-electron chi connectivity index (χ4n) is 2.51. The van der Waals surface area contributed by atoms with Crippen LogP contribution in [0.5, 0.6) is 0 Å². The van der Waals surface area contributed by atoms with Crippen LogP contribution in [0.3, 0.4) is 0 Å². The highest BCUT2D eigenvalue weighted by atomic mass is 35.7. The zero-order valence-corrected chi connectivity index (χ0v) is 15.9. The molecule has 2 rings (SSSR count). The van der Waals surface area contributed by atoms with Gasteiger partial charge in [-0.05, 0) is 47.6 Å². The molecule has 0 amide bonds. The molecule has 2 aromatic rings. The van der Waals surface area contributed by atoms with Gasteiger partial charge >= 0.3 is 24.7 Å². The SMILES string of the molecule is O=P(Cl)(c1ccc(C(F)(F)F)cc1C(F)(F)F)c1ccc(C(F)(F)F)cc1C(F)(F)F. The molecule has 0 heterocycles. The van der Waals surface area contributed by atoms with Crippen molar-refractivity contribution in [2.24, 2.45) is 0 Å². The summed E-state index contributed by atoms with van der Waals surface area (Å²) < 4.78 is 169. The Labute approximate surface area is 169 Å². The molecule has 0 aliphatic carbocycles. The number of benzene rings is 2. The lowest BCUT2D eigenvalue weighted by Crippen LogP contribution is -2.28. The predicted molar refractivity (Wildman–Crippen MR) is 85.6 cm³/mol. The van der Waals surface area contributed by atoms with Gasteiger partial charge in [-0.2, -0.15) is 52.7 Å². The molecule has 0 aromatic heterocycles. The van der Waals surface area contributed by atoms with Gasteiger partial charge in [0, 0.05) is 10.6 Å². The number of hydrogen-bond donors (Lipinski definition) is 0. The van der Waals surface area contributed by atoms with Gasteiger partial charge in [0.1, 0.15) is 0 Å². The van der Waals surface area contributed by atoms with E-state index in [1.807, 2.05) is 0 Å². The maximum Gasteiger partial charge on any atom is 0.417 e. The fourth-order valence-corrected chi connectivity index (χ4v) is 5.19. The van der Waals surface area contributed by atoms with Gasteiger partial charge in [0.05, 0.1) is 22.3 Å². The molecule has 0 bridgehead atoms. The Morgan fingerprint density at radius 2 is 0.839 bits per heavy atom. The summed E-state index contributed by atoms with van der Waals surface area (Å²) in [5.74, 6) is 0. The quantitative estimate of drug-likeness (QED) is 0.309. The van der Waals surface area contributed by atoms with E-state index in [2.05, 4.69) is 0 Å². The van der Waals surface area contributed by atoms with Crippen molar-refractivity contribution >= 4 is 28.3 Å². The molecule has 0 aliphatic rings. The maximum absolute atomic E-state index is 13.3. The first-order chi connectivity index (χ1) is 13.7. The van der Waals surface area contributed by atoms with Gasteiger partial charge in [-0.15, -0.1) is 0 Å². The Balaban J connectivity index is 2.86. The van der Waals surface area contributed by atoms with Gasteiger partial charge in [-0.3, -0.25) is 4.57 Å². The summed E-state index contributed by atoms with van der Waals surface area (Å²) in [5.41, 5.74) is -8.20. The molecular formula is C16H6ClF12OP. The van der Waals surface area contributed by atoms with Gasteiger partial charge in [-0.25, -0.2) is 0 Å². The van der Waals surface area contributed by atoms with Crippen molar-refractivity contribution in [3.63, 3.8) is 0 Å². The standard InChI is InChI=1S/C16H6ClF12OP/c17-31(30,11-3-1-7(13(18,19)20)5-9(11)15(24,25)26)12-4-2-8(14(21,22)23)6-10(12)16(27,28)29/h1-6H. The molecule has 1 nitrogen and oxygen atoms in total. The van der Waals surface area contributed by atoms with E-state index in [-0.39, 0.29) is 24.3 Å². The van der Waals surface area contributed by atoms with Crippen molar-refractivity contribution in [1.29, 1.82) is 0 Å². The van der Waals surface area contributed by atoms with Crippen LogP contribution < -0.4 is 10.6 Å². The largest absolute Gasteiger partial charge is 0.417 e. The molecule has 15 heteroatoms. The third kappa shape index (κ3) is 5.31. The summed E-state index contributed by atoms with van der Waals surface area (Å²) in [4.78, 5) is 0. The van der Waals surface area contributed by atoms with Gasteiger partial charge < -0.3 is 0 Å². The number of hydrogen-bond acceptors (Lipinski definition) is 1. The molecule has 0 saturated heterocycles. The first-order valence-electron chi connectivity index (χ1n) is 7.54. The topological polar surface area (TPSA) is 17.1 Å². The molecule has 0 aliphatic heterocycles. The van der Waals surface area contributed by atoms with E-state index in [0.29, 0.717) is 0 Å². The number of alkyl halides is 12. The number of rotatable bonds is 2. The second-order valence-electron chi connectivity index (χ2n) is 5.99. The van der Waals surface area contributed by atoms with Crippen LogP contribution in [-0.2, 0) is 29.3 Å². The first-order valence-corrected chi connectivity index (χ1v) is 10.2. The van der Waals surface area contributed by atoms with E-state index >= 15 is 0 Å². The Bertz CT molecular complexity index is 953. The third-order valence-corrected chi connectivity index (χ3v) is 6.99. The van der Waals surface area contributed by atoms with E-state index < -0.39 is 76.2 Å². The average molecular weight is 509 g/mol. The summed E-state index contributed by atoms with van der Waals surface area (Å²) in [6.07, 6.45) is -21.8. The van der Waals surface area contributed by atoms with Crippen LogP contribution >= 0.6 is 17.7 Å². The van der Waals surface area contributed by atoms with Crippen LogP contribution in [0.15, 0.2) is 36.4 Å². The molecule has 31 heavy (non-hydrogen) atoms. The minimum absolute atomic E-state index is 0.0109. The van der Waals surface area contributed by atoms with E-state index in [9.17, 15) is 57.3 Å². The second-order valence-corrected chi connectivity index (χ2v) is 9.44. The van der Waals surface area contributed by atoms with Crippen LogP contribution in [0.1, 0.15) is 22.3 Å². The highest BCUT2D eigenvalue weighted by Gasteiger charge is 2.46. The van der Waals surface area contributed by atoms with Crippen LogP contribution in [0.2, 0.25) is 0 Å². The Kier molecular flexibility index (Phi) is 6.23. The lowest BCUT2D eigenvalue weighted by Gasteiger charge is -2.22. The van der Waals surface area contributed by atoms with Crippen LogP contribution in [0, 0.1) is 0 Å². The molecule has 0 spiro atoms. The van der Waals surface area contributed by atoms with Gasteiger partial charge in [0.15, 0.2) is 0 Å². The summed E-state index contributed by atoms with van der Waals surface area (Å²) in [7, 11) is 0. The van der Waals surface area contributed by atoms with Crippen LogP contribution in [-0.4, -0.2) is 0 Å². The summed E-state index contributed by atoms with van der Waals surface area (Å²) in [5, 5.41) is -3.28. The van der Waals surface area contributed by atoms with Gasteiger partial charge in [-0.1, -0.05) is 0 Å². The molecule has 0 radical (unpaired) electrons. The highest BCUT2D eigenvalue weighted by Crippen LogP contribution is 2.54. The molecule has 0 saturated carbocycles. The lowest BCUT2D eigenvalue weighted by molar-refractivity contribution is -0.144. The lowest BCUT2D eigenvalue weighted by atomic mass is 10.1. The average Bonchev–Trinajstić information content (AvgIpc) is 2.57. The summed E-state index contributed by atoms with van der Waals surface area (Å²) in [6, 6.07) is -1.01. The molecule has 0 atom stereocenters. The minimum atomic E-state index is -5.63. The molecule has 0 fully saturated rings. The third-order valence-electron chi connectivity index (χ3n) is 3.88. The molecule has 0 unspecified atom stereocenters. The highest BCUT2D eigenvalue weighted by molar-refractivity contribution is 8.00. The van der Waals surface area contributed by atoms with Gasteiger partial charge in [0.2, 0.25) is 6.49 Å². The first kappa shape index (κ1) is 25.4. The van der Waals surface area contributed by atoms with Crippen LogP contribution in [0.4, 0.5) is 52.7 Å². The van der Waals surface area contributed by atoms with E-state index in [1.54, 1.807) is 0 Å². The maximum atomic E-state index is 13.3. The number of halogens is 13. The van der Waals surface area contributed by atoms with Gasteiger partial charge in [0.25, 0.3) is 0 Å². The van der Waals surface area contributed by atoms with E-state index in [0.717, 1.165) is 0 Å². The molecule has 172 valence electrons. The molecular weight excluding hydrogens is 503 g/mol. The van der Waals surface area contributed by atoms with Crippen molar-refractivity contribution in [3.8, 4) is 0 Å². The summed E-state index contributed by atoms with van der Waals surface area (Å²) in [6.45, 7) is -5.51. The second kappa shape index (κ2) is 7.61. The predicted octanol–water partition coefficient (Wildman–Crippen LogP) is 7.23. The zero-order chi connectivity index (χ0) is 24.2. The smallest absolute Gasteiger partial charge is 0.296 e. The van der Waals surface area contributed by atoms with Crippen LogP contribution in [0.25, 0.3) is 0 Å². The monoisotopic (exact) mass is 508 g/mol. The van der Waals surface area contributed by atoms with Crippen molar-refractivity contribution in [1.82, 2.24) is 0 Å². The van der Waals surface area contributed by atoms with E-state index in [4.69, 9.17) is 11.2 Å². The zero-order valence-electron chi connectivity index (χ0n) is 14.2. The molecule has 0 N–H and O–H groups in total. The Morgan fingerprint density at radius 1 is 0.548 bits per heavy atom. The van der Waals surface area contributed by atoms with Crippen molar-refractivity contribution in [2.75, 3.05) is 0 Å². The van der Waals surface area contributed by atoms with E-state index in [1.165, 1.54) is 0 Å². The summed E-state index contributed by atoms with van der Waals surface area (Å²) >= 11 is 5.54. The minimum Gasteiger partial charge on any atom is -0.296 e. The Hall–Kier alpha value is -1.88. The van der Waals surface area contributed by atoms with Crippen molar-refractivity contribution in [2.45, 2.75) is 24.7 Å². The fraction of sp³-hybridized carbons (Fsp3) is 0.250. The normalized spacial score (nSPS) is 14.1. The Morgan fingerprint density at radius 3 is 1.06 bits per heavy atom. The van der Waals surface area contributed by atoms with Crippen molar-refractivity contribution in [3.05, 3.63) is 58.7 Å². The van der Waals surface area contributed by atoms with Crippen molar-refractivity contribution < 1.29 is 57.3 Å². The molecule has 2 aromatic carbocycles.